The number of hydrogen-bond acceptors (Lipinski definition) is 8. The number of anilines is 2. The van der Waals surface area contributed by atoms with Gasteiger partial charge >= 0.3 is 6.09 Å². The van der Waals surface area contributed by atoms with Crippen LogP contribution in [0.1, 0.15) is 5.56 Å². The molecule has 0 spiro atoms. The molecular formula is C27H24N6O4. The molecular weight excluding hydrogens is 472 g/mol. The van der Waals surface area contributed by atoms with Gasteiger partial charge in [0.15, 0.2) is 0 Å². The number of amides is 1. The molecule has 0 fully saturated rings. The lowest BCUT2D eigenvalue weighted by Gasteiger charge is -2.22. The molecule has 1 aliphatic rings. The van der Waals surface area contributed by atoms with Gasteiger partial charge in [0.2, 0.25) is 5.95 Å². The van der Waals surface area contributed by atoms with Crippen LogP contribution in [0.3, 0.4) is 0 Å². The quantitative estimate of drug-likeness (QED) is 0.366. The van der Waals surface area contributed by atoms with E-state index in [1.807, 2.05) is 48.5 Å². The lowest BCUT2D eigenvalue weighted by atomic mass is 10.0. The van der Waals surface area contributed by atoms with E-state index in [9.17, 15) is 4.79 Å². The Balaban J connectivity index is 1.33. The van der Waals surface area contributed by atoms with Crippen molar-refractivity contribution in [2.45, 2.75) is 6.54 Å². The van der Waals surface area contributed by atoms with E-state index in [4.69, 9.17) is 9.47 Å². The molecule has 37 heavy (non-hydrogen) atoms. The van der Waals surface area contributed by atoms with Crippen LogP contribution >= 0.6 is 0 Å². The number of aromatic nitrogens is 4. The topological polar surface area (TPSA) is 114 Å². The summed E-state index contributed by atoms with van der Waals surface area (Å²) in [6, 6.07) is 17.9. The fourth-order valence-electron chi connectivity index (χ4n) is 4.55. The number of nitrogens with zero attached hydrogens (tertiary/aromatic N) is 4. The summed E-state index contributed by atoms with van der Waals surface area (Å²) in [6.45, 7) is 1.85. The number of hydrogen-bond donors (Lipinski definition) is 2. The summed E-state index contributed by atoms with van der Waals surface area (Å²) in [5.41, 5.74) is 5.51. The summed E-state index contributed by atoms with van der Waals surface area (Å²) in [5.74, 6) is 2.79. The Morgan fingerprint density at radius 3 is 2.73 bits per heavy atom. The number of fused-ring (bicyclic) bond motifs is 3. The van der Waals surface area contributed by atoms with Crippen molar-refractivity contribution >= 4 is 39.8 Å². The first-order valence-corrected chi connectivity index (χ1v) is 11.8. The normalized spacial score (nSPS) is 13.1. The van der Waals surface area contributed by atoms with E-state index in [1.165, 1.54) is 7.11 Å². The highest BCUT2D eigenvalue weighted by Gasteiger charge is 2.20. The minimum atomic E-state index is -0.579. The molecule has 0 bridgehead atoms. The molecule has 10 heteroatoms. The zero-order chi connectivity index (χ0) is 25.4. The van der Waals surface area contributed by atoms with E-state index in [2.05, 4.69) is 41.0 Å². The second-order valence-electron chi connectivity index (χ2n) is 8.61. The lowest BCUT2D eigenvalue weighted by molar-refractivity contribution is 0.186. The maximum Gasteiger partial charge on any atom is 0.413 e. The Morgan fingerprint density at radius 1 is 1.03 bits per heavy atom. The molecule has 10 nitrogen and oxygen atoms in total. The molecule has 1 aliphatic heterocycles. The maximum absolute atomic E-state index is 11.5. The molecule has 6 rings (SSSR count). The average Bonchev–Trinajstić information content (AvgIpc) is 3.21. The summed E-state index contributed by atoms with van der Waals surface area (Å²) in [4.78, 5) is 30.3. The highest BCUT2D eigenvalue weighted by atomic mass is 16.5. The van der Waals surface area contributed by atoms with Gasteiger partial charge in [-0.3, -0.25) is 5.32 Å². The van der Waals surface area contributed by atoms with Gasteiger partial charge in [0.1, 0.15) is 30.3 Å². The van der Waals surface area contributed by atoms with Crippen molar-refractivity contribution in [2.75, 3.05) is 37.6 Å². The zero-order valence-electron chi connectivity index (χ0n) is 20.3. The van der Waals surface area contributed by atoms with Gasteiger partial charge in [0, 0.05) is 17.5 Å². The van der Waals surface area contributed by atoms with Gasteiger partial charge in [-0.2, -0.15) is 0 Å². The molecule has 5 aromatic rings. The highest BCUT2D eigenvalue weighted by molar-refractivity contribution is 5.91. The summed E-state index contributed by atoms with van der Waals surface area (Å²) in [7, 11) is 2.96. The number of methoxy groups -OCH3 is 2. The zero-order valence-corrected chi connectivity index (χ0v) is 20.3. The molecule has 2 aromatic heterocycles. The van der Waals surface area contributed by atoms with Crippen LogP contribution in [-0.2, 0) is 11.3 Å². The van der Waals surface area contributed by atoms with Gasteiger partial charge in [-0.1, -0.05) is 12.1 Å². The number of aromatic amines is 1. The van der Waals surface area contributed by atoms with Crippen molar-refractivity contribution in [1.29, 1.82) is 0 Å². The molecule has 0 atom stereocenters. The fraction of sp³-hybridized carbons (Fsp3) is 0.185. The van der Waals surface area contributed by atoms with Crippen LogP contribution in [0.2, 0.25) is 0 Å². The minimum Gasteiger partial charge on any atom is -0.497 e. The van der Waals surface area contributed by atoms with Gasteiger partial charge in [0.25, 0.3) is 0 Å². The van der Waals surface area contributed by atoms with Crippen molar-refractivity contribution in [3.8, 4) is 22.6 Å². The van der Waals surface area contributed by atoms with E-state index >= 15 is 0 Å². The molecule has 0 radical (unpaired) electrons. The van der Waals surface area contributed by atoms with Crippen LogP contribution in [0.5, 0.6) is 11.5 Å². The molecule has 0 aliphatic carbocycles. The van der Waals surface area contributed by atoms with E-state index < -0.39 is 6.09 Å². The minimum absolute atomic E-state index is 0.332. The van der Waals surface area contributed by atoms with E-state index in [0.717, 1.165) is 55.9 Å². The van der Waals surface area contributed by atoms with Crippen LogP contribution in [0.4, 0.5) is 16.6 Å². The Kier molecular flexibility index (Phi) is 5.68. The molecule has 2 N–H and O–H groups in total. The third-order valence-corrected chi connectivity index (χ3v) is 6.38. The van der Waals surface area contributed by atoms with Crippen LogP contribution < -0.4 is 19.7 Å². The van der Waals surface area contributed by atoms with Gasteiger partial charge < -0.3 is 24.1 Å². The van der Waals surface area contributed by atoms with E-state index in [1.54, 1.807) is 13.4 Å². The Hall–Kier alpha value is -4.86. The molecule has 3 heterocycles. The summed E-state index contributed by atoms with van der Waals surface area (Å²) in [5, 5.41) is 3.49. The number of carbonyl (C=O) groups excluding carboxylic acids is 1. The van der Waals surface area contributed by atoms with Crippen molar-refractivity contribution in [3.05, 3.63) is 66.5 Å². The first-order valence-electron chi connectivity index (χ1n) is 11.8. The molecule has 186 valence electrons. The van der Waals surface area contributed by atoms with Crippen molar-refractivity contribution < 1.29 is 19.0 Å². The fourth-order valence-corrected chi connectivity index (χ4v) is 4.55. The third-order valence-electron chi connectivity index (χ3n) is 6.38. The van der Waals surface area contributed by atoms with Gasteiger partial charge in [0.05, 0.1) is 37.3 Å². The monoisotopic (exact) mass is 496 g/mol. The van der Waals surface area contributed by atoms with Crippen LogP contribution in [0.15, 0.2) is 60.9 Å². The Morgan fingerprint density at radius 2 is 1.86 bits per heavy atom. The number of H-pyrrole nitrogens is 1. The molecule has 1 amide bonds. The number of benzene rings is 3. The second-order valence-corrected chi connectivity index (χ2v) is 8.61. The Bertz CT molecular complexity index is 1630. The van der Waals surface area contributed by atoms with E-state index in [-0.39, 0.29) is 0 Å². The first kappa shape index (κ1) is 22.6. The molecule has 0 saturated carbocycles. The summed E-state index contributed by atoms with van der Waals surface area (Å²) in [6.07, 6.45) is 1.01. The smallest absolute Gasteiger partial charge is 0.413 e. The standard InChI is InChI=1S/C27H24N6O4/c1-35-19-5-7-21-20(13-19)25(29-15-28-21)33-9-10-37-24-8-4-16(11-18(24)14-33)17-3-6-22-23(12-17)31-26(30-22)32-27(34)36-2/h3-8,11-13,15H,9-10,14H2,1-2H3,(H2,30,31,32,34). The molecule has 0 unspecified atom stereocenters. The van der Waals surface area contributed by atoms with Crippen LogP contribution in [-0.4, -0.2) is 53.4 Å². The van der Waals surface area contributed by atoms with Crippen LogP contribution in [0, 0.1) is 0 Å². The molecule has 3 aromatic carbocycles. The van der Waals surface area contributed by atoms with Crippen molar-refractivity contribution in [2.24, 2.45) is 0 Å². The molecule has 0 saturated heterocycles. The largest absolute Gasteiger partial charge is 0.497 e. The van der Waals surface area contributed by atoms with Gasteiger partial charge in [-0.05, 0) is 53.6 Å². The number of ether oxygens (including phenoxy) is 3. The predicted molar refractivity (Wildman–Crippen MR) is 140 cm³/mol. The van der Waals surface area contributed by atoms with Gasteiger partial charge in [-0.15, -0.1) is 0 Å². The first-order chi connectivity index (χ1) is 18.1. The number of rotatable bonds is 4. The number of nitrogens with one attached hydrogen (secondary N) is 2. The van der Waals surface area contributed by atoms with Crippen molar-refractivity contribution in [3.63, 3.8) is 0 Å². The third kappa shape index (κ3) is 4.33. The average molecular weight is 497 g/mol. The van der Waals surface area contributed by atoms with Crippen LogP contribution in [0.25, 0.3) is 33.1 Å². The number of carbonyl (C=O) groups is 1. The summed E-state index contributed by atoms with van der Waals surface area (Å²) >= 11 is 0. The maximum atomic E-state index is 11.5. The second kappa shape index (κ2) is 9.30. The Labute approximate surface area is 212 Å². The number of imidazole rings is 1. The lowest BCUT2D eigenvalue weighted by Crippen LogP contribution is -2.26. The van der Waals surface area contributed by atoms with Gasteiger partial charge in [-0.25, -0.2) is 19.7 Å². The van der Waals surface area contributed by atoms with E-state index in [0.29, 0.717) is 25.6 Å². The predicted octanol–water partition coefficient (Wildman–Crippen LogP) is 4.76. The highest BCUT2D eigenvalue weighted by Crippen LogP contribution is 2.34. The summed E-state index contributed by atoms with van der Waals surface area (Å²) < 4.78 is 16.2. The SMILES string of the molecule is COC(=O)Nc1nc2ccc(-c3ccc4c(c3)CN(c3ncnc5ccc(OC)cc35)CCO4)cc2[nH]1. The van der Waals surface area contributed by atoms with Crippen molar-refractivity contribution in [1.82, 2.24) is 19.9 Å².